The van der Waals surface area contributed by atoms with Crippen LogP contribution in [-0.4, -0.2) is 31.3 Å². The number of hydrogen-bond acceptors (Lipinski definition) is 2. The van der Waals surface area contributed by atoms with E-state index in [2.05, 4.69) is 5.32 Å². The number of nitrogens with one attached hydrogen (secondary N) is 1. The van der Waals surface area contributed by atoms with Gasteiger partial charge in [0.1, 0.15) is 0 Å². The number of benzene rings is 1. The number of carbonyl (C=O) groups excluding carboxylic acids is 1. The second kappa shape index (κ2) is 4.21. The Hall–Kier alpha value is -1.39. The zero-order valence-electron chi connectivity index (χ0n) is 8.36. The van der Waals surface area contributed by atoms with Crippen molar-refractivity contribution in [2.45, 2.75) is 0 Å². The summed E-state index contributed by atoms with van der Waals surface area (Å²) in [7, 11) is 2.95. The third-order valence-corrected chi connectivity index (χ3v) is 1.66. The van der Waals surface area contributed by atoms with Crippen molar-refractivity contribution >= 4 is 5.91 Å². The highest BCUT2D eigenvalue weighted by Crippen LogP contribution is 1.98. The molecule has 0 saturated heterocycles. The molecule has 76 valence electrons. The average molecular weight is 194 g/mol. The minimum Gasteiger partial charge on any atom is -0.632 e. The molecular weight excluding hydrogens is 180 g/mol. The van der Waals surface area contributed by atoms with E-state index in [1.807, 2.05) is 6.07 Å². The lowest BCUT2D eigenvalue weighted by molar-refractivity contribution is -0.841. The van der Waals surface area contributed by atoms with Crippen molar-refractivity contribution < 1.29 is 9.44 Å². The Kier molecular flexibility index (Phi) is 3.22. The first-order valence-electron chi connectivity index (χ1n) is 4.36. The van der Waals surface area contributed by atoms with Gasteiger partial charge < -0.3 is 15.2 Å². The lowest BCUT2D eigenvalue weighted by atomic mass is 10.2. The fourth-order valence-corrected chi connectivity index (χ4v) is 0.954. The largest absolute Gasteiger partial charge is 0.632 e. The molecule has 0 saturated carbocycles. The lowest BCUT2D eigenvalue weighted by Gasteiger charge is -2.33. The van der Waals surface area contributed by atoms with Gasteiger partial charge in [0.15, 0.2) is 6.67 Å². The quantitative estimate of drug-likeness (QED) is 0.442. The smallest absolute Gasteiger partial charge is 0.255 e. The van der Waals surface area contributed by atoms with Crippen molar-refractivity contribution in [2.24, 2.45) is 0 Å². The van der Waals surface area contributed by atoms with Crippen molar-refractivity contribution in [2.75, 3.05) is 20.8 Å². The monoisotopic (exact) mass is 194 g/mol. The minimum atomic E-state index is -0.529. The van der Waals surface area contributed by atoms with Crippen LogP contribution in [0.25, 0.3) is 0 Å². The lowest BCUT2D eigenvalue weighted by Crippen LogP contribution is -2.43. The zero-order chi connectivity index (χ0) is 10.6. The SMILES string of the molecule is C[N+](C)([O-])CNC(=O)c1ccccc1. The maximum absolute atomic E-state index is 11.4. The van der Waals surface area contributed by atoms with E-state index in [1.54, 1.807) is 24.3 Å². The van der Waals surface area contributed by atoms with Crippen LogP contribution in [0.2, 0.25) is 0 Å². The van der Waals surface area contributed by atoms with Crippen LogP contribution in [-0.2, 0) is 0 Å². The fraction of sp³-hybridized carbons (Fsp3) is 0.300. The molecule has 1 aromatic rings. The Bertz CT molecular complexity index is 304. The molecule has 0 fully saturated rings. The fourth-order valence-electron chi connectivity index (χ4n) is 0.954. The summed E-state index contributed by atoms with van der Waals surface area (Å²) in [5.74, 6) is -0.215. The molecule has 0 atom stereocenters. The van der Waals surface area contributed by atoms with E-state index in [-0.39, 0.29) is 12.6 Å². The Morgan fingerprint density at radius 1 is 1.36 bits per heavy atom. The number of rotatable bonds is 3. The van der Waals surface area contributed by atoms with Gasteiger partial charge >= 0.3 is 0 Å². The molecule has 0 spiro atoms. The molecule has 1 aromatic carbocycles. The maximum atomic E-state index is 11.4. The highest BCUT2D eigenvalue weighted by atomic mass is 16.5. The van der Waals surface area contributed by atoms with Crippen molar-refractivity contribution in [3.05, 3.63) is 41.1 Å². The van der Waals surface area contributed by atoms with Crippen LogP contribution in [0.5, 0.6) is 0 Å². The number of nitrogens with zero attached hydrogens (tertiary/aromatic N) is 1. The van der Waals surface area contributed by atoms with E-state index in [4.69, 9.17) is 0 Å². The first kappa shape index (κ1) is 10.7. The van der Waals surface area contributed by atoms with Gasteiger partial charge in [-0.1, -0.05) is 18.2 Å². The summed E-state index contributed by atoms with van der Waals surface area (Å²) in [6.07, 6.45) is 0. The van der Waals surface area contributed by atoms with E-state index in [0.717, 1.165) is 0 Å². The van der Waals surface area contributed by atoms with E-state index < -0.39 is 4.65 Å². The normalized spacial score (nSPS) is 11.1. The van der Waals surface area contributed by atoms with Crippen molar-refractivity contribution in [3.8, 4) is 0 Å². The second-order valence-corrected chi connectivity index (χ2v) is 3.60. The summed E-state index contributed by atoms with van der Waals surface area (Å²) in [5.41, 5.74) is 0.570. The van der Waals surface area contributed by atoms with Crippen molar-refractivity contribution in [1.82, 2.24) is 5.32 Å². The van der Waals surface area contributed by atoms with Gasteiger partial charge in [0.05, 0.1) is 14.1 Å². The third-order valence-electron chi connectivity index (χ3n) is 1.66. The van der Waals surface area contributed by atoms with E-state index in [9.17, 15) is 10.0 Å². The van der Waals surface area contributed by atoms with Crippen molar-refractivity contribution in [1.29, 1.82) is 0 Å². The van der Waals surface area contributed by atoms with Crippen LogP contribution >= 0.6 is 0 Å². The molecule has 0 heterocycles. The van der Waals surface area contributed by atoms with Gasteiger partial charge in [-0.05, 0) is 12.1 Å². The molecule has 4 nitrogen and oxygen atoms in total. The van der Waals surface area contributed by atoms with Gasteiger partial charge in [-0.15, -0.1) is 0 Å². The summed E-state index contributed by atoms with van der Waals surface area (Å²) in [5, 5.41) is 13.7. The minimum absolute atomic E-state index is 0.0771. The number of hydroxylamine groups is 3. The van der Waals surface area contributed by atoms with E-state index in [0.29, 0.717) is 5.56 Å². The Morgan fingerprint density at radius 3 is 2.43 bits per heavy atom. The molecule has 0 aliphatic rings. The zero-order valence-corrected chi connectivity index (χ0v) is 8.36. The number of carbonyl (C=O) groups is 1. The number of amides is 1. The maximum Gasteiger partial charge on any atom is 0.255 e. The predicted molar refractivity (Wildman–Crippen MR) is 54.3 cm³/mol. The van der Waals surface area contributed by atoms with Crippen LogP contribution in [0.15, 0.2) is 30.3 Å². The predicted octanol–water partition coefficient (Wildman–Crippen LogP) is 0.948. The van der Waals surface area contributed by atoms with Gasteiger partial charge in [-0.2, -0.15) is 0 Å². The van der Waals surface area contributed by atoms with Crippen LogP contribution in [0.3, 0.4) is 0 Å². The summed E-state index contributed by atoms with van der Waals surface area (Å²) >= 11 is 0. The van der Waals surface area contributed by atoms with Crippen LogP contribution in [0, 0.1) is 5.21 Å². The van der Waals surface area contributed by atoms with Crippen molar-refractivity contribution in [3.63, 3.8) is 0 Å². The first-order valence-corrected chi connectivity index (χ1v) is 4.36. The second-order valence-electron chi connectivity index (χ2n) is 3.60. The molecule has 1 amide bonds. The molecular formula is C10H14N2O2. The number of quaternary nitrogens is 1. The average Bonchev–Trinajstić information content (AvgIpc) is 2.14. The summed E-state index contributed by atoms with van der Waals surface area (Å²) in [4.78, 5) is 11.4. The summed E-state index contributed by atoms with van der Waals surface area (Å²) < 4.78 is -0.529. The van der Waals surface area contributed by atoms with E-state index >= 15 is 0 Å². The Balaban J connectivity index is 2.52. The van der Waals surface area contributed by atoms with Gasteiger partial charge in [0, 0.05) is 5.56 Å². The van der Waals surface area contributed by atoms with Gasteiger partial charge in [-0.25, -0.2) is 0 Å². The topological polar surface area (TPSA) is 52.2 Å². The molecule has 0 radical (unpaired) electrons. The summed E-state index contributed by atoms with van der Waals surface area (Å²) in [6.45, 7) is 0.0771. The third kappa shape index (κ3) is 3.55. The molecule has 0 aliphatic heterocycles. The molecule has 0 aliphatic carbocycles. The molecule has 0 bridgehead atoms. The van der Waals surface area contributed by atoms with Crippen LogP contribution < -0.4 is 5.32 Å². The highest BCUT2D eigenvalue weighted by molar-refractivity contribution is 5.93. The molecule has 0 aromatic heterocycles. The van der Waals surface area contributed by atoms with Crippen LogP contribution in [0.1, 0.15) is 10.4 Å². The Labute approximate surface area is 83.3 Å². The molecule has 14 heavy (non-hydrogen) atoms. The standard InChI is InChI=1S/C10H14N2O2/c1-12(2,14)8-11-10(13)9-6-4-3-5-7-9/h3-7H,8H2,1-2H3,(H,11,13). The molecule has 4 heteroatoms. The Morgan fingerprint density at radius 2 is 1.93 bits per heavy atom. The first-order chi connectivity index (χ1) is 6.49. The van der Waals surface area contributed by atoms with Crippen LogP contribution in [0.4, 0.5) is 0 Å². The highest BCUT2D eigenvalue weighted by Gasteiger charge is 2.07. The molecule has 1 rings (SSSR count). The molecule has 1 N–H and O–H groups in total. The number of hydrogen-bond donors (Lipinski definition) is 1. The summed E-state index contributed by atoms with van der Waals surface area (Å²) in [6, 6.07) is 8.82. The van der Waals surface area contributed by atoms with Gasteiger partial charge in [0.2, 0.25) is 0 Å². The molecule has 0 unspecified atom stereocenters. The van der Waals surface area contributed by atoms with Gasteiger partial charge in [-0.3, -0.25) is 4.79 Å². The van der Waals surface area contributed by atoms with E-state index in [1.165, 1.54) is 14.1 Å². The van der Waals surface area contributed by atoms with Gasteiger partial charge in [0.25, 0.3) is 5.91 Å².